The Kier molecular flexibility index (Phi) is 9.16. The summed E-state index contributed by atoms with van der Waals surface area (Å²) in [5.74, 6) is 0.244. The van der Waals surface area contributed by atoms with Crippen molar-refractivity contribution >= 4 is 12.3 Å². The van der Waals surface area contributed by atoms with E-state index in [0.717, 1.165) is 6.42 Å². The topological polar surface area (TPSA) is 67.9 Å². The molecule has 0 bridgehead atoms. The van der Waals surface area contributed by atoms with Gasteiger partial charge in [-0.25, -0.2) is 0 Å². The second-order valence-corrected chi connectivity index (χ2v) is 4.66. The first-order valence-corrected chi connectivity index (χ1v) is 6.54. The van der Waals surface area contributed by atoms with Gasteiger partial charge in [0.2, 0.25) is 12.3 Å². The summed E-state index contributed by atoms with van der Waals surface area (Å²) in [7, 11) is 3.07. The third-order valence-corrected chi connectivity index (χ3v) is 3.12. The monoisotopic (exact) mass is 274 g/mol. The van der Waals surface area contributed by atoms with Crippen molar-refractivity contribution in [2.24, 2.45) is 5.92 Å². The normalized spacial score (nSPS) is 14.0. The highest BCUT2D eigenvalue weighted by atomic mass is 16.7. The van der Waals surface area contributed by atoms with Crippen LogP contribution in [0.15, 0.2) is 0 Å². The molecule has 0 rings (SSSR count). The number of carbonyl (C=O) groups is 2. The third-order valence-electron chi connectivity index (χ3n) is 3.12. The average molecular weight is 274 g/mol. The fourth-order valence-corrected chi connectivity index (χ4v) is 1.63. The summed E-state index contributed by atoms with van der Waals surface area (Å²) in [5, 5.41) is 2.47. The number of hydrogen-bond donors (Lipinski definition) is 1. The summed E-state index contributed by atoms with van der Waals surface area (Å²) in [5.41, 5.74) is 0. The number of rotatable bonds is 10. The Balaban J connectivity index is 4.73. The number of carbonyl (C=O) groups excluding carboxylic acids is 2. The standard InChI is InChI=1S/C13H26N2O4/c1-6-10(2)7-15(8-12(18-4)19-5)13(17)11(3)14-9-16/h9-12H,6-8H2,1-5H3,(H,14,16)/t10?,11-/m0/s1. The quantitative estimate of drug-likeness (QED) is 0.468. The Morgan fingerprint density at radius 2 is 1.84 bits per heavy atom. The van der Waals surface area contributed by atoms with Crippen molar-refractivity contribution in [3.8, 4) is 0 Å². The fraction of sp³-hybridized carbons (Fsp3) is 0.846. The first-order chi connectivity index (χ1) is 8.99. The second-order valence-electron chi connectivity index (χ2n) is 4.66. The van der Waals surface area contributed by atoms with Gasteiger partial charge in [0.15, 0.2) is 6.29 Å². The predicted octanol–water partition coefficient (Wildman–Crippen LogP) is 0.615. The second kappa shape index (κ2) is 9.75. The molecule has 0 saturated heterocycles. The number of ether oxygens (including phenoxy) is 2. The zero-order valence-corrected chi connectivity index (χ0v) is 12.5. The van der Waals surface area contributed by atoms with Crippen LogP contribution >= 0.6 is 0 Å². The zero-order chi connectivity index (χ0) is 14.8. The maximum atomic E-state index is 12.2. The Bertz CT molecular complexity index is 269. The molecule has 0 aliphatic heterocycles. The van der Waals surface area contributed by atoms with E-state index in [9.17, 15) is 9.59 Å². The van der Waals surface area contributed by atoms with Gasteiger partial charge < -0.3 is 19.7 Å². The van der Waals surface area contributed by atoms with Gasteiger partial charge in [-0.15, -0.1) is 0 Å². The molecule has 0 aromatic heterocycles. The third kappa shape index (κ3) is 6.54. The van der Waals surface area contributed by atoms with Gasteiger partial charge in [0.25, 0.3) is 0 Å². The lowest BCUT2D eigenvalue weighted by Crippen LogP contribution is -2.49. The van der Waals surface area contributed by atoms with Gasteiger partial charge in [0.05, 0.1) is 6.54 Å². The number of nitrogens with one attached hydrogen (secondary N) is 1. The van der Waals surface area contributed by atoms with Gasteiger partial charge in [-0.05, 0) is 12.8 Å². The van der Waals surface area contributed by atoms with Gasteiger partial charge in [0.1, 0.15) is 6.04 Å². The van der Waals surface area contributed by atoms with Gasteiger partial charge in [-0.2, -0.15) is 0 Å². The van der Waals surface area contributed by atoms with Crippen LogP contribution in [0.4, 0.5) is 0 Å². The molecule has 112 valence electrons. The van der Waals surface area contributed by atoms with Gasteiger partial charge in [0, 0.05) is 20.8 Å². The molecular formula is C13H26N2O4. The Hall–Kier alpha value is -1.14. The van der Waals surface area contributed by atoms with Crippen LogP contribution in [0.25, 0.3) is 0 Å². The van der Waals surface area contributed by atoms with Crippen molar-refractivity contribution in [3.63, 3.8) is 0 Å². The van der Waals surface area contributed by atoms with Crippen molar-refractivity contribution < 1.29 is 19.1 Å². The van der Waals surface area contributed by atoms with E-state index in [4.69, 9.17) is 9.47 Å². The van der Waals surface area contributed by atoms with Crippen molar-refractivity contribution in [2.45, 2.75) is 39.5 Å². The minimum absolute atomic E-state index is 0.133. The average Bonchev–Trinajstić information content (AvgIpc) is 2.42. The van der Waals surface area contributed by atoms with Gasteiger partial charge >= 0.3 is 0 Å². The van der Waals surface area contributed by atoms with Gasteiger partial charge in [-0.1, -0.05) is 20.3 Å². The van der Waals surface area contributed by atoms with Crippen LogP contribution in [-0.2, 0) is 19.1 Å². The molecule has 0 aliphatic rings. The highest BCUT2D eigenvalue weighted by molar-refractivity contribution is 5.83. The molecule has 1 unspecified atom stereocenters. The summed E-state index contributed by atoms with van der Waals surface area (Å²) in [6, 6.07) is -0.545. The van der Waals surface area contributed by atoms with E-state index in [1.54, 1.807) is 11.8 Å². The molecule has 2 atom stereocenters. The molecule has 0 saturated carbocycles. The van der Waals surface area contributed by atoms with Crippen LogP contribution in [0.2, 0.25) is 0 Å². The first-order valence-electron chi connectivity index (χ1n) is 6.54. The van der Waals surface area contributed by atoms with Crippen molar-refractivity contribution in [2.75, 3.05) is 27.3 Å². The van der Waals surface area contributed by atoms with E-state index in [1.807, 2.05) is 0 Å². The van der Waals surface area contributed by atoms with E-state index < -0.39 is 12.3 Å². The van der Waals surface area contributed by atoms with Crippen LogP contribution in [-0.4, -0.2) is 56.9 Å². The van der Waals surface area contributed by atoms with Gasteiger partial charge in [-0.3, -0.25) is 9.59 Å². The summed E-state index contributed by atoms with van der Waals surface area (Å²) in [4.78, 5) is 24.3. The maximum absolute atomic E-state index is 12.2. The lowest BCUT2D eigenvalue weighted by molar-refractivity contribution is -0.148. The van der Waals surface area contributed by atoms with Crippen LogP contribution in [0.1, 0.15) is 27.2 Å². The summed E-state index contributed by atoms with van der Waals surface area (Å²) in [6.45, 7) is 6.77. The SMILES string of the molecule is CCC(C)CN(CC(OC)OC)C(=O)[C@H](C)NC=O. The lowest BCUT2D eigenvalue weighted by Gasteiger charge is -2.30. The lowest BCUT2D eigenvalue weighted by atomic mass is 10.1. The van der Waals surface area contributed by atoms with E-state index in [1.165, 1.54) is 14.2 Å². The molecule has 0 heterocycles. The molecule has 6 heteroatoms. The maximum Gasteiger partial charge on any atom is 0.245 e. The largest absolute Gasteiger partial charge is 0.354 e. The minimum Gasteiger partial charge on any atom is -0.354 e. The summed E-state index contributed by atoms with van der Waals surface area (Å²) in [6.07, 6.45) is 1.05. The van der Waals surface area contributed by atoms with Crippen LogP contribution in [0.5, 0.6) is 0 Å². The zero-order valence-electron chi connectivity index (χ0n) is 12.5. The molecule has 2 amide bonds. The predicted molar refractivity (Wildman–Crippen MR) is 72.5 cm³/mol. The summed E-state index contributed by atoms with van der Waals surface area (Å²) >= 11 is 0. The first kappa shape index (κ1) is 17.9. The van der Waals surface area contributed by atoms with Crippen molar-refractivity contribution in [3.05, 3.63) is 0 Å². The molecule has 0 aromatic rings. The molecule has 6 nitrogen and oxygen atoms in total. The Labute approximate surface area is 115 Å². The van der Waals surface area contributed by atoms with Crippen LogP contribution in [0, 0.1) is 5.92 Å². The Morgan fingerprint density at radius 1 is 1.26 bits per heavy atom. The van der Waals surface area contributed by atoms with Crippen molar-refractivity contribution in [1.82, 2.24) is 10.2 Å². The fourth-order valence-electron chi connectivity index (χ4n) is 1.63. The minimum atomic E-state index is -0.545. The number of nitrogens with zero attached hydrogens (tertiary/aromatic N) is 1. The molecule has 0 spiro atoms. The molecule has 0 aliphatic carbocycles. The van der Waals surface area contributed by atoms with E-state index in [2.05, 4.69) is 19.2 Å². The molecule has 1 N–H and O–H groups in total. The molecule has 0 fully saturated rings. The number of hydrogen-bond acceptors (Lipinski definition) is 4. The van der Waals surface area contributed by atoms with Crippen molar-refractivity contribution in [1.29, 1.82) is 0 Å². The van der Waals surface area contributed by atoms with Crippen LogP contribution in [0.3, 0.4) is 0 Å². The molecule has 19 heavy (non-hydrogen) atoms. The van der Waals surface area contributed by atoms with E-state index in [0.29, 0.717) is 25.4 Å². The molecular weight excluding hydrogens is 248 g/mol. The molecule has 0 radical (unpaired) electrons. The van der Waals surface area contributed by atoms with Crippen LogP contribution < -0.4 is 5.32 Å². The Morgan fingerprint density at radius 3 is 2.26 bits per heavy atom. The van der Waals surface area contributed by atoms with E-state index >= 15 is 0 Å². The summed E-state index contributed by atoms with van der Waals surface area (Å²) < 4.78 is 10.3. The highest BCUT2D eigenvalue weighted by Crippen LogP contribution is 2.08. The highest BCUT2D eigenvalue weighted by Gasteiger charge is 2.24. The number of methoxy groups -OCH3 is 2. The molecule has 0 aromatic carbocycles. The van der Waals surface area contributed by atoms with E-state index in [-0.39, 0.29) is 5.91 Å². The smallest absolute Gasteiger partial charge is 0.245 e. The number of amides is 2.